The Bertz CT molecular complexity index is 1580. The van der Waals surface area contributed by atoms with Gasteiger partial charge in [-0.2, -0.15) is 13.2 Å². The van der Waals surface area contributed by atoms with Crippen molar-refractivity contribution in [1.29, 1.82) is 0 Å². The van der Waals surface area contributed by atoms with Crippen LogP contribution in [0.15, 0.2) is 61.1 Å². The number of anilines is 1. The summed E-state index contributed by atoms with van der Waals surface area (Å²) in [7, 11) is 0. The number of nitrogens with zero attached hydrogens (tertiary/aromatic N) is 6. The number of aromatic nitrogens is 3. The molecular weight excluding hydrogens is 605 g/mol. The van der Waals surface area contributed by atoms with Crippen LogP contribution in [-0.4, -0.2) is 79.1 Å². The van der Waals surface area contributed by atoms with Crippen molar-refractivity contribution in [2.24, 2.45) is 5.92 Å². The van der Waals surface area contributed by atoms with E-state index < -0.39 is 17.3 Å². The number of carbonyl (C=O) groups is 1. The lowest BCUT2D eigenvalue weighted by molar-refractivity contribution is -0.138. The van der Waals surface area contributed by atoms with E-state index in [1.54, 1.807) is 30.7 Å². The Balaban J connectivity index is 0.880. The van der Waals surface area contributed by atoms with Crippen molar-refractivity contribution >= 4 is 11.6 Å². The Hall–Kier alpha value is -3.57. The van der Waals surface area contributed by atoms with Crippen molar-refractivity contribution in [2.45, 2.75) is 106 Å². The van der Waals surface area contributed by atoms with E-state index in [-0.39, 0.29) is 30.0 Å². The minimum absolute atomic E-state index is 0.0700. The van der Waals surface area contributed by atoms with Crippen LogP contribution in [0.25, 0.3) is 11.4 Å². The molecule has 3 aromatic rings. The van der Waals surface area contributed by atoms with Crippen LogP contribution in [0, 0.1) is 5.92 Å². The Labute approximate surface area is 273 Å². The van der Waals surface area contributed by atoms with Crippen molar-refractivity contribution in [3.8, 4) is 11.4 Å². The van der Waals surface area contributed by atoms with Crippen LogP contribution in [0.1, 0.15) is 75.5 Å². The number of aliphatic hydroxyl groups is 1. The summed E-state index contributed by atoms with van der Waals surface area (Å²) in [5.41, 5.74) is 0.574. The summed E-state index contributed by atoms with van der Waals surface area (Å²) in [4.78, 5) is 34.1. The second kappa shape index (κ2) is 11.8. The van der Waals surface area contributed by atoms with Gasteiger partial charge in [-0.1, -0.05) is 6.07 Å². The molecule has 47 heavy (non-hydrogen) atoms. The number of piperidine rings is 1. The standard InChI is InChI=1S/C36H41F3N6O2/c37-36(38,39)25-3-1-4-27(21-25)45-28-6-7-29(45)20-24(19-28)34(46)44-18-12-30-31(44)11-17-43(30)26-9-13-35(47,14-10-26)32-8-5-23(22-42-32)33-40-15-2-16-41-33/h1-5,8,15-16,21-22,24,26,28-31,47H,6-7,9-14,17-20H2. The van der Waals surface area contributed by atoms with Crippen molar-refractivity contribution in [1.82, 2.24) is 24.8 Å². The first-order valence-corrected chi connectivity index (χ1v) is 17.2. The minimum Gasteiger partial charge on any atom is -0.384 e. The minimum atomic E-state index is -4.37. The highest BCUT2D eigenvalue weighted by Crippen LogP contribution is 2.46. The predicted molar refractivity (Wildman–Crippen MR) is 170 cm³/mol. The summed E-state index contributed by atoms with van der Waals surface area (Å²) in [5, 5.41) is 11.6. The molecule has 6 heterocycles. The smallest absolute Gasteiger partial charge is 0.384 e. The lowest BCUT2D eigenvalue weighted by atomic mass is 9.79. The largest absolute Gasteiger partial charge is 0.416 e. The fraction of sp³-hybridized carbons (Fsp3) is 0.556. The number of halogens is 3. The van der Waals surface area contributed by atoms with Crippen molar-refractivity contribution < 1.29 is 23.1 Å². The number of hydrogen-bond donors (Lipinski definition) is 1. The molecule has 1 saturated carbocycles. The number of alkyl halides is 3. The van der Waals surface area contributed by atoms with E-state index in [1.807, 2.05) is 12.1 Å². The molecule has 1 N–H and O–H groups in total. The lowest BCUT2D eigenvalue weighted by Gasteiger charge is -2.42. The molecule has 1 aromatic carbocycles. The highest BCUT2D eigenvalue weighted by Gasteiger charge is 2.51. The summed E-state index contributed by atoms with van der Waals surface area (Å²) in [6.45, 7) is 1.73. The van der Waals surface area contributed by atoms with E-state index in [4.69, 9.17) is 0 Å². The first-order valence-electron chi connectivity index (χ1n) is 17.2. The topological polar surface area (TPSA) is 85.7 Å². The van der Waals surface area contributed by atoms with E-state index >= 15 is 0 Å². The van der Waals surface area contributed by atoms with Gasteiger partial charge in [-0.15, -0.1) is 0 Å². The Morgan fingerprint density at radius 3 is 2.23 bits per heavy atom. The molecule has 4 saturated heterocycles. The fourth-order valence-corrected chi connectivity index (χ4v) is 9.54. The maximum absolute atomic E-state index is 14.0. The zero-order valence-corrected chi connectivity index (χ0v) is 26.4. The van der Waals surface area contributed by atoms with Gasteiger partial charge in [-0.25, -0.2) is 9.97 Å². The third kappa shape index (κ3) is 5.59. The average molecular weight is 647 g/mol. The number of amides is 1. The van der Waals surface area contributed by atoms with Gasteiger partial charge >= 0.3 is 6.18 Å². The summed E-state index contributed by atoms with van der Waals surface area (Å²) in [5.74, 6) is 0.788. The fourth-order valence-electron chi connectivity index (χ4n) is 9.54. The van der Waals surface area contributed by atoms with Crippen LogP contribution >= 0.6 is 0 Å². The number of likely N-dealkylation sites (tertiary alicyclic amines) is 2. The van der Waals surface area contributed by atoms with Crippen molar-refractivity contribution in [3.05, 3.63) is 72.3 Å². The Morgan fingerprint density at radius 2 is 1.55 bits per heavy atom. The number of benzene rings is 1. The molecule has 8 nitrogen and oxygen atoms in total. The van der Waals surface area contributed by atoms with Crippen LogP contribution in [0.4, 0.5) is 18.9 Å². The molecule has 4 atom stereocenters. The molecule has 2 bridgehead atoms. The van der Waals surface area contributed by atoms with Crippen LogP contribution in [0.2, 0.25) is 0 Å². The molecule has 248 valence electrons. The molecule has 4 unspecified atom stereocenters. The van der Waals surface area contributed by atoms with Crippen molar-refractivity contribution in [2.75, 3.05) is 18.0 Å². The summed E-state index contributed by atoms with van der Waals surface area (Å²) in [6.07, 6.45) is 9.03. The normalized spacial score (nSPS) is 32.5. The second-order valence-corrected chi connectivity index (χ2v) is 14.3. The average Bonchev–Trinajstić information content (AvgIpc) is 3.77. The van der Waals surface area contributed by atoms with Gasteiger partial charge in [0.2, 0.25) is 5.91 Å². The number of hydrogen-bond acceptors (Lipinski definition) is 7. The molecule has 8 rings (SSSR count). The van der Waals surface area contributed by atoms with Crippen LogP contribution in [0.3, 0.4) is 0 Å². The highest BCUT2D eigenvalue weighted by atomic mass is 19.4. The maximum Gasteiger partial charge on any atom is 0.416 e. The molecule has 1 amide bonds. The molecule has 1 aliphatic carbocycles. The predicted octanol–water partition coefficient (Wildman–Crippen LogP) is 5.81. The quantitative estimate of drug-likeness (QED) is 0.375. The van der Waals surface area contributed by atoms with Gasteiger partial charge in [-0.3, -0.25) is 14.7 Å². The first-order chi connectivity index (χ1) is 22.7. The van der Waals surface area contributed by atoms with E-state index in [9.17, 15) is 23.1 Å². The highest BCUT2D eigenvalue weighted by molar-refractivity contribution is 5.80. The van der Waals surface area contributed by atoms with Crippen LogP contribution in [-0.2, 0) is 16.6 Å². The molecule has 4 aliphatic heterocycles. The molecule has 0 radical (unpaired) electrons. The third-order valence-electron chi connectivity index (χ3n) is 11.8. The molecule has 5 aliphatic rings. The number of carbonyl (C=O) groups excluding carboxylic acids is 1. The second-order valence-electron chi connectivity index (χ2n) is 14.3. The van der Waals surface area contributed by atoms with Gasteiger partial charge in [0.05, 0.1) is 11.3 Å². The zero-order chi connectivity index (χ0) is 32.3. The van der Waals surface area contributed by atoms with E-state index in [2.05, 4.69) is 29.7 Å². The molecule has 0 spiro atoms. The van der Waals surface area contributed by atoms with Gasteiger partial charge in [0, 0.05) is 79.1 Å². The monoisotopic (exact) mass is 646 g/mol. The summed E-state index contributed by atoms with van der Waals surface area (Å²) >= 11 is 0. The molecule has 11 heteroatoms. The Kier molecular flexibility index (Phi) is 7.74. The summed E-state index contributed by atoms with van der Waals surface area (Å²) in [6, 6.07) is 12.4. The lowest BCUT2D eigenvalue weighted by Crippen LogP contribution is -2.50. The number of rotatable bonds is 5. The third-order valence-corrected chi connectivity index (χ3v) is 11.8. The molecule has 2 aromatic heterocycles. The van der Waals surface area contributed by atoms with E-state index in [1.165, 1.54) is 12.1 Å². The van der Waals surface area contributed by atoms with Gasteiger partial charge in [0.15, 0.2) is 5.82 Å². The molecule has 5 fully saturated rings. The summed E-state index contributed by atoms with van der Waals surface area (Å²) < 4.78 is 40.2. The SMILES string of the molecule is O=C(C1CC2CCC(C1)N2c1cccc(C(F)(F)F)c1)N1CCC2C1CCN2C1CCC(O)(c2ccc(-c3ncccn3)cn2)CC1. The van der Waals surface area contributed by atoms with Gasteiger partial charge in [0.25, 0.3) is 0 Å². The van der Waals surface area contributed by atoms with Gasteiger partial charge < -0.3 is 14.9 Å². The van der Waals surface area contributed by atoms with Gasteiger partial charge in [0.1, 0.15) is 5.60 Å². The zero-order valence-electron chi connectivity index (χ0n) is 26.4. The van der Waals surface area contributed by atoms with E-state index in [0.29, 0.717) is 55.0 Å². The van der Waals surface area contributed by atoms with Gasteiger partial charge in [-0.05, 0) is 101 Å². The van der Waals surface area contributed by atoms with Crippen LogP contribution in [0.5, 0.6) is 0 Å². The number of fused-ring (bicyclic) bond motifs is 3. The first kappa shape index (κ1) is 30.7. The maximum atomic E-state index is 14.0. The van der Waals surface area contributed by atoms with E-state index in [0.717, 1.165) is 63.2 Å². The number of pyridine rings is 1. The molecular formula is C36H41F3N6O2. The van der Waals surface area contributed by atoms with Crippen molar-refractivity contribution in [3.63, 3.8) is 0 Å². The van der Waals surface area contributed by atoms with Crippen LogP contribution < -0.4 is 4.90 Å². The Morgan fingerprint density at radius 1 is 0.830 bits per heavy atom.